The van der Waals surface area contributed by atoms with Crippen LogP contribution in [0.25, 0.3) is 0 Å². The molecule has 1 unspecified atom stereocenters. The van der Waals surface area contributed by atoms with Gasteiger partial charge in [0.25, 0.3) is 0 Å². The minimum absolute atomic E-state index is 0.331. The predicted octanol–water partition coefficient (Wildman–Crippen LogP) is -0.262. The van der Waals surface area contributed by atoms with Crippen LogP contribution in [-0.4, -0.2) is 38.8 Å². The molecule has 0 spiro atoms. The first-order valence-electron chi connectivity index (χ1n) is 5.06. The number of hydrogen-bond donors (Lipinski definition) is 1. The Labute approximate surface area is 83.9 Å². The van der Waals surface area contributed by atoms with Crippen molar-refractivity contribution in [2.24, 2.45) is 12.8 Å². The zero-order valence-electron chi connectivity index (χ0n) is 8.56. The molecule has 2 heterocycles. The van der Waals surface area contributed by atoms with Crippen molar-refractivity contribution in [2.75, 3.05) is 13.1 Å². The average Bonchev–Trinajstić information content (AvgIpc) is 2.52. The first kappa shape index (κ1) is 9.61. The lowest BCUT2D eigenvalue weighted by atomic mass is 10.1. The van der Waals surface area contributed by atoms with Gasteiger partial charge in [-0.3, -0.25) is 4.90 Å². The number of aromatic nitrogens is 3. The fraction of sp³-hybridized carbons (Fsp3) is 0.778. The second-order valence-electron chi connectivity index (χ2n) is 4.00. The van der Waals surface area contributed by atoms with E-state index in [4.69, 9.17) is 5.73 Å². The van der Waals surface area contributed by atoms with Crippen LogP contribution in [0.3, 0.4) is 0 Å². The number of nitrogens with two attached hydrogens (primary N) is 1. The molecule has 0 radical (unpaired) electrons. The SMILES string of the molecule is Cn1cnnc1CN1CCCC(N)C1. The summed E-state index contributed by atoms with van der Waals surface area (Å²) >= 11 is 0. The summed E-state index contributed by atoms with van der Waals surface area (Å²) in [4.78, 5) is 2.35. The fourth-order valence-corrected chi connectivity index (χ4v) is 1.89. The Morgan fingerprint density at radius 1 is 1.64 bits per heavy atom. The molecule has 0 saturated carbocycles. The molecule has 1 aliphatic rings. The maximum atomic E-state index is 5.91. The Bertz CT molecular complexity index is 295. The highest BCUT2D eigenvalue weighted by Gasteiger charge is 2.17. The summed E-state index contributed by atoms with van der Waals surface area (Å²) in [5, 5.41) is 7.93. The van der Waals surface area contributed by atoms with Gasteiger partial charge in [-0.05, 0) is 19.4 Å². The lowest BCUT2D eigenvalue weighted by Gasteiger charge is -2.29. The third-order valence-corrected chi connectivity index (χ3v) is 2.71. The zero-order valence-corrected chi connectivity index (χ0v) is 8.56. The van der Waals surface area contributed by atoms with Crippen LogP contribution in [0.5, 0.6) is 0 Å². The summed E-state index contributed by atoms with van der Waals surface area (Å²) < 4.78 is 1.96. The molecule has 1 saturated heterocycles. The number of hydrogen-bond acceptors (Lipinski definition) is 4. The fourth-order valence-electron chi connectivity index (χ4n) is 1.89. The van der Waals surface area contributed by atoms with Crippen LogP contribution in [0.1, 0.15) is 18.7 Å². The second-order valence-corrected chi connectivity index (χ2v) is 4.00. The topological polar surface area (TPSA) is 60.0 Å². The Kier molecular flexibility index (Phi) is 2.79. The Morgan fingerprint density at radius 3 is 3.14 bits per heavy atom. The van der Waals surface area contributed by atoms with Gasteiger partial charge in [0, 0.05) is 19.6 Å². The van der Waals surface area contributed by atoms with Crippen molar-refractivity contribution >= 4 is 0 Å². The van der Waals surface area contributed by atoms with Gasteiger partial charge in [-0.2, -0.15) is 0 Å². The number of nitrogens with zero attached hydrogens (tertiary/aromatic N) is 4. The van der Waals surface area contributed by atoms with Crippen LogP contribution in [0.15, 0.2) is 6.33 Å². The monoisotopic (exact) mass is 195 g/mol. The summed E-state index contributed by atoms with van der Waals surface area (Å²) in [6.07, 6.45) is 4.08. The summed E-state index contributed by atoms with van der Waals surface area (Å²) in [5.74, 6) is 1.01. The van der Waals surface area contributed by atoms with Crippen LogP contribution in [0, 0.1) is 0 Å². The molecule has 1 aromatic heterocycles. The first-order chi connectivity index (χ1) is 6.75. The molecule has 1 aromatic rings. The average molecular weight is 195 g/mol. The van der Waals surface area contributed by atoms with E-state index in [-0.39, 0.29) is 0 Å². The molecule has 2 rings (SSSR count). The van der Waals surface area contributed by atoms with Crippen molar-refractivity contribution in [3.8, 4) is 0 Å². The van der Waals surface area contributed by atoms with Crippen LogP contribution in [0.4, 0.5) is 0 Å². The Morgan fingerprint density at radius 2 is 2.50 bits per heavy atom. The minimum Gasteiger partial charge on any atom is -0.327 e. The van der Waals surface area contributed by atoms with E-state index in [1.54, 1.807) is 6.33 Å². The third-order valence-electron chi connectivity index (χ3n) is 2.71. The van der Waals surface area contributed by atoms with E-state index in [9.17, 15) is 0 Å². The molecule has 78 valence electrons. The second kappa shape index (κ2) is 4.06. The van der Waals surface area contributed by atoms with Crippen LogP contribution in [-0.2, 0) is 13.6 Å². The van der Waals surface area contributed by atoms with Crippen LogP contribution >= 0.6 is 0 Å². The highest BCUT2D eigenvalue weighted by molar-refractivity contribution is 4.86. The van der Waals surface area contributed by atoms with Gasteiger partial charge in [-0.25, -0.2) is 0 Å². The van der Waals surface area contributed by atoms with Gasteiger partial charge in [-0.1, -0.05) is 0 Å². The quantitative estimate of drug-likeness (QED) is 0.706. The van der Waals surface area contributed by atoms with Gasteiger partial charge in [0.15, 0.2) is 0 Å². The van der Waals surface area contributed by atoms with E-state index < -0.39 is 0 Å². The molecule has 1 fully saturated rings. The summed E-state index contributed by atoms with van der Waals surface area (Å²) in [6, 6.07) is 0.331. The van der Waals surface area contributed by atoms with Crippen LogP contribution in [0.2, 0.25) is 0 Å². The standard InChI is InChI=1S/C9H17N5/c1-13-7-11-12-9(13)6-14-4-2-3-8(10)5-14/h7-8H,2-6,10H2,1H3. The van der Waals surface area contributed by atoms with Gasteiger partial charge in [0.05, 0.1) is 6.54 Å². The van der Waals surface area contributed by atoms with E-state index in [2.05, 4.69) is 15.1 Å². The van der Waals surface area contributed by atoms with Crippen molar-refractivity contribution in [3.05, 3.63) is 12.2 Å². The molecule has 1 aliphatic heterocycles. The highest BCUT2D eigenvalue weighted by atomic mass is 15.3. The van der Waals surface area contributed by atoms with Crippen molar-refractivity contribution in [1.29, 1.82) is 0 Å². The van der Waals surface area contributed by atoms with Crippen molar-refractivity contribution in [3.63, 3.8) is 0 Å². The molecular formula is C9H17N5. The van der Waals surface area contributed by atoms with Crippen molar-refractivity contribution in [1.82, 2.24) is 19.7 Å². The molecule has 5 heteroatoms. The van der Waals surface area contributed by atoms with Gasteiger partial charge >= 0.3 is 0 Å². The normalized spacial score (nSPS) is 24.0. The highest BCUT2D eigenvalue weighted by Crippen LogP contribution is 2.10. The Hall–Kier alpha value is -0.940. The molecule has 0 bridgehead atoms. The largest absolute Gasteiger partial charge is 0.327 e. The lowest BCUT2D eigenvalue weighted by molar-refractivity contribution is 0.195. The van der Waals surface area contributed by atoms with E-state index in [0.29, 0.717) is 6.04 Å². The predicted molar refractivity (Wildman–Crippen MR) is 53.5 cm³/mol. The van der Waals surface area contributed by atoms with Gasteiger partial charge in [0.2, 0.25) is 0 Å². The molecule has 1 atom stereocenters. The zero-order chi connectivity index (χ0) is 9.97. The van der Waals surface area contributed by atoms with Crippen molar-refractivity contribution in [2.45, 2.75) is 25.4 Å². The van der Waals surface area contributed by atoms with Crippen molar-refractivity contribution < 1.29 is 0 Å². The Balaban J connectivity index is 1.94. The third kappa shape index (κ3) is 2.10. The maximum Gasteiger partial charge on any atom is 0.146 e. The summed E-state index contributed by atoms with van der Waals surface area (Å²) in [7, 11) is 1.97. The lowest BCUT2D eigenvalue weighted by Crippen LogP contribution is -2.42. The van der Waals surface area contributed by atoms with Gasteiger partial charge in [0.1, 0.15) is 12.2 Å². The van der Waals surface area contributed by atoms with E-state index >= 15 is 0 Å². The summed E-state index contributed by atoms with van der Waals surface area (Å²) in [5.41, 5.74) is 5.91. The number of rotatable bonds is 2. The summed E-state index contributed by atoms with van der Waals surface area (Å²) in [6.45, 7) is 2.97. The van der Waals surface area contributed by atoms with Gasteiger partial charge in [-0.15, -0.1) is 10.2 Å². The molecular weight excluding hydrogens is 178 g/mol. The molecule has 2 N–H and O–H groups in total. The minimum atomic E-state index is 0.331. The number of likely N-dealkylation sites (tertiary alicyclic amines) is 1. The van der Waals surface area contributed by atoms with Crippen LogP contribution < -0.4 is 5.73 Å². The molecule has 0 aromatic carbocycles. The molecule has 5 nitrogen and oxygen atoms in total. The van der Waals surface area contributed by atoms with E-state index in [0.717, 1.165) is 31.9 Å². The molecule has 0 amide bonds. The molecule has 0 aliphatic carbocycles. The van der Waals surface area contributed by atoms with E-state index in [1.807, 2.05) is 11.6 Å². The van der Waals surface area contributed by atoms with E-state index in [1.165, 1.54) is 6.42 Å². The maximum absolute atomic E-state index is 5.91. The van der Waals surface area contributed by atoms with Gasteiger partial charge < -0.3 is 10.3 Å². The molecule has 14 heavy (non-hydrogen) atoms. The number of aryl methyl sites for hydroxylation is 1. The smallest absolute Gasteiger partial charge is 0.146 e. The number of piperidine rings is 1. The first-order valence-corrected chi connectivity index (χ1v) is 5.06.